The van der Waals surface area contributed by atoms with Crippen molar-refractivity contribution in [2.24, 2.45) is 5.92 Å². The highest BCUT2D eigenvalue weighted by Crippen LogP contribution is 2.32. The van der Waals surface area contributed by atoms with Gasteiger partial charge in [-0.1, -0.05) is 32.0 Å². The number of thiophene rings is 1. The van der Waals surface area contributed by atoms with E-state index < -0.39 is 0 Å². The van der Waals surface area contributed by atoms with Crippen molar-refractivity contribution in [2.45, 2.75) is 26.9 Å². The van der Waals surface area contributed by atoms with Gasteiger partial charge in [-0.05, 0) is 37.0 Å². The van der Waals surface area contributed by atoms with Crippen molar-refractivity contribution in [1.29, 1.82) is 0 Å². The first-order valence-corrected chi connectivity index (χ1v) is 7.76. The minimum Gasteiger partial charge on any atom is -0.315 e. The summed E-state index contributed by atoms with van der Waals surface area (Å²) in [6, 6.07) is 8.75. The fourth-order valence-corrected chi connectivity index (χ4v) is 3.81. The van der Waals surface area contributed by atoms with Crippen LogP contribution in [0, 0.1) is 5.92 Å². The average molecular weight is 276 g/mol. The van der Waals surface area contributed by atoms with Crippen molar-refractivity contribution in [3.05, 3.63) is 34.7 Å². The number of nitrogens with one attached hydrogen (secondary N) is 1. The lowest BCUT2D eigenvalue weighted by molar-refractivity contribution is 0.289. The van der Waals surface area contributed by atoms with Gasteiger partial charge in [0.1, 0.15) is 0 Å². The lowest BCUT2D eigenvalue weighted by atomic mass is 10.1. The molecule has 0 aliphatic heterocycles. The highest BCUT2D eigenvalue weighted by atomic mass is 32.1. The van der Waals surface area contributed by atoms with Crippen molar-refractivity contribution in [2.75, 3.05) is 20.6 Å². The van der Waals surface area contributed by atoms with Crippen LogP contribution in [0.1, 0.15) is 24.3 Å². The van der Waals surface area contributed by atoms with Gasteiger partial charge in [0, 0.05) is 29.2 Å². The van der Waals surface area contributed by atoms with Gasteiger partial charge in [0.2, 0.25) is 0 Å². The molecule has 0 amide bonds. The predicted molar refractivity (Wildman–Crippen MR) is 85.8 cm³/mol. The van der Waals surface area contributed by atoms with Crippen molar-refractivity contribution in [1.82, 2.24) is 10.2 Å². The van der Waals surface area contributed by atoms with E-state index in [2.05, 4.69) is 55.4 Å². The zero-order valence-electron chi connectivity index (χ0n) is 12.4. The fraction of sp³-hybridized carbons (Fsp3) is 0.500. The standard InChI is InChI=1S/C16H24N2S/c1-12(2)10-18(4)11-14-13-7-5-6-8-15(13)19-16(14)9-17-3/h5-8,12,17H,9-11H2,1-4H3. The third kappa shape index (κ3) is 3.56. The van der Waals surface area contributed by atoms with Crippen LogP contribution < -0.4 is 5.32 Å². The van der Waals surface area contributed by atoms with Gasteiger partial charge < -0.3 is 10.2 Å². The molecule has 2 aromatic rings. The largest absolute Gasteiger partial charge is 0.315 e. The molecular weight excluding hydrogens is 252 g/mol. The van der Waals surface area contributed by atoms with Crippen LogP contribution in [0.5, 0.6) is 0 Å². The Morgan fingerprint density at radius 1 is 1.26 bits per heavy atom. The average Bonchev–Trinajstić information content (AvgIpc) is 2.67. The second-order valence-electron chi connectivity index (χ2n) is 5.62. The maximum absolute atomic E-state index is 3.29. The smallest absolute Gasteiger partial charge is 0.0349 e. The quantitative estimate of drug-likeness (QED) is 0.865. The van der Waals surface area contributed by atoms with E-state index in [0.29, 0.717) is 5.92 Å². The van der Waals surface area contributed by atoms with E-state index in [-0.39, 0.29) is 0 Å². The maximum Gasteiger partial charge on any atom is 0.0349 e. The molecule has 3 heteroatoms. The fourth-order valence-electron chi connectivity index (χ4n) is 2.58. The third-order valence-electron chi connectivity index (χ3n) is 3.22. The molecule has 1 N–H and O–H groups in total. The van der Waals surface area contributed by atoms with Crippen molar-refractivity contribution >= 4 is 21.4 Å². The minimum absolute atomic E-state index is 0.711. The van der Waals surface area contributed by atoms with Gasteiger partial charge in [-0.2, -0.15) is 0 Å². The summed E-state index contributed by atoms with van der Waals surface area (Å²) in [5.41, 5.74) is 1.50. The lowest BCUT2D eigenvalue weighted by Gasteiger charge is -2.19. The molecule has 0 aliphatic carbocycles. The number of benzene rings is 1. The monoisotopic (exact) mass is 276 g/mol. The molecule has 0 atom stereocenters. The van der Waals surface area contributed by atoms with E-state index in [0.717, 1.165) is 19.6 Å². The highest BCUT2D eigenvalue weighted by molar-refractivity contribution is 7.19. The maximum atomic E-state index is 3.29. The van der Waals surface area contributed by atoms with E-state index in [1.807, 2.05) is 18.4 Å². The zero-order chi connectivity index (χ0) is 13.8. The number of nitrogens with zero attached hydrogens (tertiary/aromatic N) is 1. The summed E-state index contributed by atoms with van der Waals surface area (Å²) in [4.78, 5) is 3.90. The van der Waals surface area contributed by atoms with Crippen LogP contribution in [0.4, 0.5) is 0 Å². The van der Waals surface area contributed by atoms with Gasteiger partial charge in [-0.3, -0.25) is 0 Å². The molecule has 1 aromatic heterocycles. The van der Waals surface area contributed by atoms with Crippen LogP contribution >= 0.6 is 11.3 Å². The summed E-state index contributed by atoms with van der Waals surface area (Å²) in [5, 5.41) is 4.72. The Kier molecular flexibility index (Phi) is 4.97. The van der Waals surface area contributed by atoms with Crippen LogP contribution in [0.3, 0.4) is 0 Å². The van der Waals surface area contributed by atoms with Gasteiger partial charge in [0.05, 0.1) is 0 Å². The molecule has 0 spiro atoms. The topological polar surface area (TPSA) is 15.3 Å². The van der Waals surface area contributed by atoms with E-state index in [9.17, 15) is 0 Å². The van der Waals surface area contributed by atoms with Crippen LogP contribution in [-0.4, -0.2) is 25.5 Å². The molecule has 0 unspecified atom stereocenters. The first kappa shape index (κ1) is 14.5. The second-order valence-corrected chi connectivity index (χ2v) is 6.76. The van der Waals surface area contributed by atoms with E-state index >= 15 is 0 Å². The van der Waals surface area contributed by atoms with Crippen LogP contribution in [0.25, 0.3) is 10.1 Å². The summed E-state index contributed by atoms with van der Waals surface area (Å²) in [5.74, 6) is 0.711. The molecule has 2 nitrogen and oxygen atoms in total. The van der Waals surface area contributed by atoms with Gasteiger partial charge in [0.25, 0.3) is 0 Å². The Bertz CT molecular complexity index is 531. The number of hydrogen-bond donors (Lipinski definition) is 1. The molecule has 1 heterocycles. The summed E-state index contributed by atoms with van der Waals surface area (Å²) >= 11 is 1.92. The zero-order valence-corrected chi connectivity index (χ0v) is 13.2. The van der Waals surface area contributed by atoms with E-state index in [4.69, 9.17) is 0 Å². The van der Waals surface area contributed by atoms with Crippen LogP contribution in [0.2, 0.25) is 0 Å². The van der Waals surface area contributed by atoms with E-state index in [1.54, 1.807) is 0 Å². The molecule has 0 saturated heterocycles. The Morgan fingerprint density at radius 2 is 2.00 bits per heavy atom. The van der Waals surface area contributed by atoms with Crippen molar-refractivity contribution in [3.63, 3.8) is 0 Å². The van der Waals surface area contributed by atoms with Crippen LogP contribution in [0.15, 0.2) is 24.3 Å². The number of rotatable bonds is 6. The van der Waals surface area contributed by atoms with Crippen molar-refractivity contribution in [3.8, 4) is 0 Å². The third-order valence-corrected chi connectivity index (χ3v) is 4.44. The van der Waals surface area contributed by atoms with Gasteiger partial charge in [0.15, 0.2) is 0 Å². The molecule has 19 heavy (non-hydrogen) atoms. The first-order valence-electron chi connectivity index (χ1n) is 6.94. The normalized spacial score (nSPS) is 11.9. The number of fused-ring (bicyclic) bond motifs is 1. The summed E-state index contributed by atoms with van der Waals surface area (Å²) in [7, 11) is 4.24. The van der Waals surface area contributed by atoms with Crippen molar-refractivity contribution < 1.29 is 0 Å². The summed E-state index contributed by atoms with van der Waals surface area (Å²) in [6.45, 7) is 7.69. The molecule has 0 saturated carbocycles. The predicted octanol–water partition coefficient (Wildman–Crippen LogP) is 3.71. The van der Waals surface area contributed by atoms with Gasteiger partial charge >= 0.3 is 0 Å². The molecule has 0 fully saturated rings. The van der Waals surface area contributed by atoms with E-state index in [1.165, 1.54) is 20.5 Å². The van der Waals surface area contributed by atoms with Crippen LogP contribution in [-0.2, 0) is 13.1 Å². The summed E-state index contributed by atoms with van der Waals surface area (Å²) < 4.78 is 1.40. The summed E-state index contributed by atoms with van der Waals surface area (Å²) in [6.07, 6.45) is 0. The molecular formula is C16H24N2S. The van der Waals surface area contributed by atoms with Gasteiger partial charge in [-0.15, -0.1) is 11.3 Å². The minimum atomic E-state index is 0.711. The molecule has 104 valence electrons. The molecule has 0 bridgehead atoms. The molecule has 0 radical (unpaired) electrons. The SMILES string of the molecule is CNCc1sc2ccccc2c1CN(C)CC(C)C. The van der Waals surface area contributed by atoms with Gasteiger partial charge in [-0.25, -0.2) is 0 Å². The molecule has 1 aromatic carbocycles. The highest BCUT2D eigenvalue weighted by Gasteiger charge is 2.13. The Labute approximate surface area is 120 Å². The number of hydrogen-bond acceptors (Lipinski definition) is 3. The first-order chi connectivity index (χ1) is 9.11. The second kappa shape index (κ2) is 6.51. The lowest BCUT2D eigenvalue weighted by Crippen LogP contribution is -2.23. The molecule has 2 rings (SSSR count). The Balaban J connectivity index is 2.30. The molecule has 0 aliphatic rings. The Hall–Kier alpha value is -0.900. The Morgan fingerprint density at radius 3 is 2.68 bits per heavy atom.